The van der Waals surface area contributed by atoms with E-state index in [1.807, 2.05) is 6.08 Å². The molecule has 0 aliphatic carbocycles. The molecule has 1 N–H and O–H groups in total. The normalized spacial score (nSPS) is 16.2. The molecule has 0 amide bonds. The Bertz CT molecular complexity index is 254. The van der Waals surface area contributed by atoms with Crippen LogP contribution in [0.15, 0.2) is 24.4 Å². The van der Waals surface area contributed by atoms with Crippen molar-refractivity contribution in [2.24, 2.45) is 0 Å². The van der Waals surface area contributed by atoms with E-state index in [-0.39, 0.29) is 0 Å². The maximum absolute atomic E-state index is 4.90. The maximum atomic E-state index is 4.90. The van der Waals surface area contributed by atoms with Crippen LogP contribution in [-0.2, 0) is 11.4 Å². The summed E-state index contributed by atoms with van der Waals surface area (Å²) in [7, 11) is 0. The smallest absolute Gasteiger partial charge is 0.137 e. The summed E-state index contributed by atoms with van der Waals surface area (Å²) in [5, 5.41) is 3.95. The molecule has 1 aromatic rings. The number of aromatic nitrogens is 3. The molecule has 1 aromatic heterocycles. The average Bonchev–Trinajstić information content (AvgIpc) is 2.60. The van der Waals surface area contributed by atoms with Gasteiger partial charge in [0.25, 0.3) is 0 Å². The molecule has 2 heterocycles. The highest BCUT2D eigenvalue weighted by molar-refractivity contribution is 5.00. The molecule has 5 nitrogen and oxygen atoms in total. The van der Waals surface area contributed by atoms with Gasteiger partial charge in [0.15, 0.2) is 0 Å². The van der Waals surface area contributed by atoms with Gasteiger partial charge in [-0.05, 0) is 6.08 Å². The SMILES string of the molecule is C1=C(Cn2cncn2)NOC1. The summed E-state index contributed by atoms with van der Waals surface area (Å²) >= 11 is 0. The van der Waals surface area contributed by atoms with Crippen LogP contribution in [0.3, 0.4) is 0 Å². The third-order valence-corrected chi connectivity index (χ3v) is 1.42. The van der Waals surface area contributed by atoms with Gasteiger partial charge in [-0.15, -0.1) is 0 Å². The molecule has 2 rings (SSSR count). The highest BCUT2D eigenvalue weighted by atomic mass is 16.6. The van der Waals surface area contributed by atoms with Crippen molar-refractivity contribution in [1.82, 2.24) is 20.2 Å². The Morgan fingerprint density at radius 3 is 3.36 bits per heavy atom. The Morgan fingerprint density at radius 1 is 1.73 bits per heavy atom. The van der Waals surface area contributed by atoms with Gasteiger partial charge in [-0.3, -0.25) is 10.3 Å². The summed E-state index contributed by atoms with van der Waals surface area (Å²) in [6, 6.07) is 0. The van der Waals surface area contributed by atoms with Crippen molar-refractivity contribution in [2.45, 2.75) is 6.54 Å². The van der Waals surface area contributed by atoms with Crippen molar-refractivity contribution in [3.05, 3.63) is 24.4 Å². The molecule has 11 heavy (non-hydrogen) atoms. The third kappa shape index (κ3) is 1.38. The van der Waals surface area contributed by atoms with E-state index in [0.29, 0.717) is 13.2 Å². The van der Waals surface area contributed by atoms with Crippen molar-refractivity contribution in [2.75, 3.05) is 6.61 Å². The van der Waals surface area contributed by atoms with Crippen molar-refractivity contribution >= 4 is 0 Å². The quantitative estimate of drug-likeness (QED) is 0.632. The van der Waals surface area contributed by atoms with Crippen LogP contribution < -0.4 is 5.48 Å². The second kappa shape index (κ2) is 2.71. The van der Waals surface area contributed by atoms with Gasteiger partial charge in [-0.2, -0.15) is 5.10 Å². The molecule has 0 bridgehead atoms. The second-order valence-electron chi connectivity index (χ2n) is 2.24. The number of nitrogens with one attached hydrogen (secondary N) is 1. The average molecular weight is 152 g/mol. The zero-order valence-electron chi connectivity index (χ0n) is 5.90. The van der Waals surface area contributed by atoms with E-state index >= 15 is 0 Å². The van der Waals surface area contributed by atoms with E-state index < -0.39 is 0 Å². The summed E-state index contributed by atoms with van der Waals surface area (Å²) in [6.45, 7) is 1.32. The van der Waals surface area contributed by atoms with Crippen molar-refractivity contribution < 1.29 is 4.84 Å². The van der Waals surface area contributed by atoms with E-state index in [9.17, 15) is 0 Å². The van der Waals surface area contributed by atoms with Crippen LogP contribution in [0.25, 0.3) is 0 Å². The molecule has 0 radical (unpaired) electrons. The van der Waals surface area contributed by atoms with E-state index in [1.54, 1.807) is 11.0 Å². The van der Waals surface area contributed by atoms with Crippen LogP contribution in [0, 0.1) is 0 Å². The number of rotatable bonds is 2. The first-order valence-electron chi connectivity index (χ1n) is 3.34. The Hall–Kier alpha value is -1.36. The molecule has 1 aliphatic heterocycles. The van der Waals surface area contributed by atoms with E-state index in [1.165, 1.54) is 6.33 Å². The predicted molar refractivity (Wildman–Crippen MR) is 37.2 cm³/mol. The fourth-order valence-corrected chi connectivity index (χ4v) is 0.904. The zero-order chi connectivity index (χ0) is 7.52. The molecule has 0 fully saturated rings. The number of hydroxylamine groups is 1. The van der Waals surface area contributed by atoms with Gasteiger partial charge in [0.1, 0.15) is 12.7 Å². The second-order valence-corrected chi connectivity index (χ2v) is 2.24. The Kier molecular flexibility index (Phi) is 1.57. The van der Waals surface area contributed by atoms with Crippen LogP contribution in [0.4, 0.5) is 0 Å². The van der Waals surface area contributed by atoms with E-state index in [4.69, 9.17) is 4.84 Å². The third-order valence-electron chi connectivity index (χ3n) is 1.42. The molecular weight excluding hydrogens is 144 g/mol. The molecule has 0 spiro atoms. The van der Waals surface area contributed by atoms with Crippen LogP contribution in [0.5, 0.6) is 0 Å². The standard InChI is InChI=1S/C6H8N4O/c1-2-11-9-6(1)3-10-5-7-4-8-10/h1,4-5,9H,2-3H2. The highest BCUT2D eigenvalue weighted by Gasteiger charge is 2.03. The molecule has 58 valence electrons. The minimum atomic E-state index is 0.629. The monoisotopic (exact) mass is 152 g/mol. The fraction of sp³-hybridized carbons (Fsp3) is 0.333. The summed E-state index contributed by atoms with van der Waals surface area (Å²) < 4.78 is 1.73. The van der Waals surface area contributed by atoms with E-state index in [0.717, 1.165) is 5.70 Å². The molecule has 0 unspecified atom stereocenters. The molecule has 0 saturated heterocycles. The van der Waals surface area contributed by atoms with Gasteiger partial charge in [0, 0.05) is 0 Å². The molecular formula is C6H8N4O. The maximum Gasteiger partial charge on any atom is 0.137 e. The summed E-state index contributed by atoms with van der Waals surface area (Å²) in [6.07, 6.45) is 5.15. The summed E-state index contributed by atoms with van der Waals surface area (Å²) in [5.41, 5.74) is 3.79. The fourth-order valence-electron chi connectivity index (χ4n) is 0.904. The molecule has 0 aromatic carbocycles. The largest absolute Gasteiger partial charge is 0.272 e. The lowest BCUT2D eigenvalue weighted by molar-refractivity contribution is 0.106. The summed E-state index contributed by atoms with van der Waals surface area (Å²) in [4.78, 5) is 8.72. The van der Waals surface area contributed by atoms with Crippen LogP contribution in [-0.4, -0.2) is 21.4 Å². The Morgan fingerprint density at radius 2 is 2.73 bits per heavy atom. The molecule has 0 saturated carbocycles. The van der Waals surface area contributed by atoms with Gasteiger partial charge >= 0.3 is 0 Å². The first-order chi connectivity index (χ1) is 5.45. The van der Waals surface area contributed by atoms with Crippen LogP contribution >= 0.6 is 0 Å². The first-order valence-corrected chi connectivity index (χ1v) is 3.34. The number of hydrogen-bond donors (Lipinski definition) is 1. The minimum absolute atomic E-state index is 0.629. The van der Waals surface area contributed by atoms with Gasteiger partial charge in [-0.1, -0.05) is 0 Å². The lowest BCUT2D eigenvalue weighted by Gasteiger charge is -2.01. The van der Waals surface area contributed by atoms with Crippen molar-refractivity contribution in [1.29, 1.82) is 0 Å². The first kappa shape index (κ1) is 6.36. The number of nitrogens with zero attached hydrogens (tertiary/aromatic N) is 3. The lowest BCUT2D eigenvalue weighted by atomic mass is 10.4. The molecule has 0 atom stereocenters. The predicted octanol–water partition coefficient (Wildman–Crippen LogP) is -0.303. The summed E-state index contributed by atoms with van der Waals surface area (Å²) in [5.74, 6) is 0. The van der Waals surface area contributed by atoms with Crippen molar-refractivity contribution in [3.8, 4) is 0 Å². The van der Waals surface area contributed by atoms with Crippen LogP contribution in [0.2, 0.25) is 0 Å². The highest BCUT2D eigenvalue weighted by Crippen LogP contribution is 1.99. The van der Waals surface area contributed by atoms with Gasteiger partial charge < -0.3 is 0 Å². The lowest BCUT2D eigenvalue weighted by Crippen LogP contribution is -2.12. The Labute approximate surface area is 63.6 Å². The van der Waals surface area contributed by atoms with Crippen molar-refractivity contribution in [3.63, 3.8) is 0 Å². The van der Waals surface area contributed by atoms with Gasteiger partial charge in [0.2, 0.25) is 0 Å². The van der Waals surface area contributed by atoms with E-state index in [2.05, 4.69) is 15.6 Å². The number of allylic oxidation sites excluding steroid dienone is 1. The molecule has 5 heteroatoms. The van der Waals surface area contributed by atoms with Gasteiger partial charge in [0.05, 0.1) is 18.8 Å². The number of hydrogen-bond acceptors (Lipinski definition) is 4. The Balaban J connectivity index is 2.00. The molecule has 1 aliphatic rings. The minimum Gasteiger partial charge on any atom is -0.272 e. The topological polar surface area (TPSA) is 52.0 Å². The van der Waals surface area contributed by atoms with Crippen LogP contribution in [0.1, 0.15) is 0 Å². The zero-order valence-corrected chi connectivity index (χ0v) is 5.90. The van der Waals surface area contributed by atoms with Gasteiger partial charge in [-0.25, -0.2) is 9.67 Å².